The van der Waals surface area contributed by atoms with E-state index in [1.54, 1.807) is 10.7 Å². The molecule has 7 nitrogen and oxygen atoms in total. The van der Waals surface area contributed by atoms with E-state index in [4.69, 9.17) is 5.11 Å². The number of rotatable bonds is 6. The predicted molar refractivity (Wildman–Crippen MR) is 76.3 cm³/mol. The Balaban J connectivity index is 1.99. The Morgan fingerprint density at radius 3 is 2.81 bits per heavy atom. The molecule has 0 fully saturated rings. The van der Waals surface area contributed by atoms with Gasteiger partial charge in [0.2, 0.25) is 0 Å². The van der Waals surface area contributed by atoms with Crippen LogP contribution in [0.4, 0.5) is 0 Å². The summed E-state index contributed by atoms with van der Waals surface area (Å²) in [4.78, 5) is 26.7. The molecule has 0 saturated heterocycles. The molecule has 112 valence electrons. The first-order valence-electron chi connectivity index (χ1n) is 6.81. The highest BCUT2D eigenvalue weighted by atomic mass is 16.4. The summed E-state index contributed by atoms with van der Waals surface area (Å²) < 4.78 is 1.65. The molecule has 0 bridgehead atoms. The number of nitrogens with zero attached hydrogens (tertiary/aromatic N) is 3. The number of amides is 1. The fourth-order valence-corrected chi connectivity index (χ4v) is 2.08. The molecule has 2 aromatic rings. The summed E-state index contributed by atoms with van der Waals surface area (Å²) in [7, 11) is 0. The molecule has 0 atom stereocenters. The maximum absolute atomic E-state index is 12.1. The van der Waals surface area contributed by atoms with Crippen LogP contribution in [0.15, 0.2) is 12.3 Å². The number of nitrogens with one attached hydrogen (secondary N) is 1. The highest BCUT2D eigenvalue weighted by Crippen LogP contribution is 2.10. The van der Waals surface area contributed by atoms with Crippen molar-refractivity contribution in [2.45, 2.75) is 33.1 Å². The number of fused-ring (bicyclic) bond motifs is 1. The molecule has 21 heavy (non-hydrogen) atoms. The largest absolute Gasteiger partial charge is 0.481 e. The number of carbonyl (C=O) groups is 2. The lowest BCUT2D eigenvalue weighted by Gasteiger charge is -2.08. The normalized spacial score (nSPS) is 10.8. The number of unbranched alkanes of at least 4 members (excludes halogenated alkanes) is 1. The first-order chi connectivity index (χ1) is 9.99. The van der Waals surface area contributed by atoms with Gasteiger partial charge in [-0.1, -0.05) is 0 Å². The highest BCUT2D eigenvalue weighted by molar-refractivity contribution is 5.95. The van der Waals surface area contributed by atoms with Crippen molar-refractivity contribution in [3.8, 4) is 0 Å². The molecule has 0 saturated carbocycles. The van der Waals surface area contributed by atoms with Crippen molar-refractivity contribution in [3.63, 3.8) is 0 Å². The lowest BCUT2D eigenvalue weighted by atomic mass is 10.2. The van der Waals surface area contributed by atoms with Crippen molar-refractivity contribution in [1.82, 2.24) is 19.9 Å². The minimum Gasteiger partial charge on any atom is -0.481 e. The average Bonchev–Trinajstić information content (AvgIpc) is 2.79. The molecular formula is C14H18N4O3. The second-order valence-corrected chi connectivity index (χ2v) is 4.92. The van der Waals surface area contributed by atoms with E-state index in [0.29, 0.717) is 30.6 Å². The van der Waals surface area contributed by atoms with Crippen LogP contribution < -0.4 is 5.32 Å². The van der Waals surface area contributed by atoms with E-state index in [1.807, 2.05) is 19.9 Å². The smallest absolute Gasteiger partial charge is 0.303 e. The minimum absolute atomic E-state index is 0.120. The Morgan fingerprint density at radius 1 is 1.33 bits per heavy atom. The zero-order valence-corrected chi connectivity index (χ0v) is 12.1. The lowest BCUT2D eigenvalue weighted by molar-refractivity contribution is -0.137. The van der Waals surface area contributed by atoms with Crippen LogP contribution in [0.25, 0.3) is 5.65 Å². The van der Waals surface area contributed by atoms with Gasteiger partial charge >= 0.3 is 5.97 Å². The lowest BCUT2D eigenvalue weighted by Crippen LogP contribution is -2.26. The molecule has 0 unspecified atom stereocenters. The monoisotopic (exact) mass is 290 g/mol. The predicted octanol–water partition coefficient (Wildman–Crippen LogP) is 1.33. The summed E-state index contributed by atoms with van der Waals surface area (Å²) in [5.41, 5.74) is 2.76. The van der Waals surface area contributed by atoms with Crippen molar-refractivity contribution < 1.29 is 14.7 Å². The zero-order valence-electron chi connectivity index (χ0n) is 12.1. The first-order valence-corrected chi connectivity index (χ1v) is 6.81. The van der Waals surface area contributed by atoms with Crippen molar-refractivity contribution in [2.75, 3.05) is 6.54 Å². The Hall–Kier alpha value is -2.44. The van der Waals surface area contributed by atoms with Crippen LogP contribution in [0.3, 0.4) is 0 Å². The number of hydrogen-bond acceptors (Lipinski definition) is 4. The van der Waals surface area contributed by atoms with Crippen molar-refractivity contribution in [1.29, 1.82) is 0 Å². The molecule has 2 heterocycles. The van der Waals surface area contributed by atoms with Crippen LogP contribution in [0.1, 0.15) is 41.0 Å². The Kier molecular flexibility index (Phi) is 4.52. The Labute approximate surface area is 122 Å². The maximum Gasteiger partial charge on any atom is 0.303 e. The highest BCUT2D eigenvalue weighted by Gasteiger charge is 2.13. The molecule has 2 N–H and O–H groups in total. The number of carbonyl (C=O) groups excluding carboxylic acids is 1. The standard InChI is InChI=1S/C14H18N4O3/c1-9-7-12-16-8-11(10(2)18(12)17-9)14(21)15-6-4-3-5-13(19)20/h7-8H,3-6H2,1-2H3,(H,15,21)(H,19,20). The third kappa shape index (κ3) is 3.56. The molecule has 0 aliphatic heterocycles. The third-order valence-electron chi connectivity index (χ3n) is 3.19. The van der Waals surface area contributed by atoms with E-state index in [9.17, 15) is 9.59 Å². The summed E-state index contributed by atoms with van der Waals surface area (Å²) >= 11 is 0. The van der Waals surface area contributed by atoms with Crippen LogP contribution in [0.2, 0.25) is 0 Å². The van der Waals surface area contributed by atoms with E-state index >= 15 is 0 Å². The SMILES string of the molecule is Cc1cc2ncc(C(=O)NCCCCC(=O)O)c(C)n2n1. The number of carboxylic acids is 1. The van der Waals surface area contributed by atoms with Gasteiger partial charge in [-0.05, 0) is 26.7 Å². The third-order valence-corrected chi connectivity index (χ3v) is 3.19. The number of aliphatic carboxylic acids is 1. The van der Waals surface area contributed by atoms with Gasteiger partial charge in [-0.15, -0.1) is 0 Å². The van der Waals surface area contributed by atoms with Gasteiger partial charge in [-0.25, -0.2) is 9.50 Å². The fourth-order valence-electron chi connectivity index (χ4n) is 2.08. The summed E-state index contributed by atoms with van der Waals surface area (Å²) in [6.07, 6.45) is 2.84. The zero-order chi connectivity index (χ0) is 15.4. The van der Waals surface area contributed by atoms with Crippen molar-refractivity contribution >= 4 is 17.5 Å². The van der Waals surface area contributed by atoms with Crippen LogP contribution in [-0.4, -0.2) is 38.1 Å². The molecule has 7 heteroatoms. The van der Waals surface area contributed by atoms with E-state index < -0.39 is 5.97 Å². The molecule has 0 aliphatic carbocycles. The van der Waals surface area contributed by atoms with Gasteiger partial charge in [0.1, 0.15) is 0 Å². The van der Waals surface area contributed by atoms with E-state index in [1.165, 1.54) is 0 Å². The van der Waals surface area contributed by atoms with E-state index in [0.717, 1.165) is 11.4 Å². The van der Waals surface area contributed by atoms with E-state index in [-0.39, 0.29) is 12.3 Å². The minimum atomic E-state index is -0.819. The molecule has 0 radical (unpaired) electrons. The van der Waals surface area contributed by atoms with Crippen LogP contribution in [-0.2, 0) is 4.79 Å². The van der Waals surface area contributed by atoms with E-state index in [2.05, 4.69) is 15.4 Å². The molecular weight excluding hydrogens is 272 g/mol. The van der Waals surface area contributed by atoms with Crippen LogP contribution >= 0.6 is 0 Å². The average molecular weight is 290 g/mol. The van der Waals surface area contributed by atoms with Crippen molar-refractivity contribution in [2.24, 2.45) is 0 Å². The quantitative estimate of drug-likeness (QED) is 0.782. The van der Waals surface area contributed by atoms with Gasteiger partial charge in [-0.3, -0.25) is 9.59 Å². The number of hydrogen-bond donors (Lipinski definition) is 2. The van der Waals surface area contributed by atoms with Crippen molar-refractivity contribution in [3.05, 3.63) is 29.2 Å². The van der Waals surface area contributed by atoms with Gasteiger partial charge in [0, 0.05) is 25.2 Å². The second kappa shape index (κ2) is 6.34. The number of aromatic nitrogens is 3. The van der Waals surface area contributed by atoms with Gasteiger partial charge in [-0.2, -0.15) is 5.10 Å². The fraction of sp³-hybridized carbons (Fsp3) is 0.429. The topological polar surface area (TPSA) is 96.6 Å². The van der Waals surface area contributed by atoms with Gasteiger partial charge < -0.3 is 10.4 Å². The van der Waals surface area contributed by atoms with Crippen LogP contribution in [0, 0.1) is 13.8 Å². The molecule has 2 aromatic heterocycles. The molecule has 0 aromatic carbocycles. The van der Waals surface area contributed by atoms with Crippen LogP contribution in [0.5, 0.6) is 0 Å². The molecule has 2 rings (SSSR count). The maximum atomic E-state index is 12.1. The second-order valence-electron chi connectivity index (χ2n) is 4.92. The Bertz CT molecular complexity index is 678. The summed E-state index contributed by atoms with van der Waals surface area (Å²) in [6, 6.07) is 1.85. The molecule has 1 amide bonds. The Morgan fingerprint density at radius 2 is 2.10 bits per heavy atom. The van der Waals surface area contributed by atoms with Gasteiger partial charge in [0.25, 0.3) is 5.91 Å². The number of aryl methyl sites for hydroxylation is 2. The number of carboxylic acid groups (broad SMARTS) is 1. The van der Waals surface area contributed by atoms with Gasteiger partial charge in [0.15, 0.2) is 5.65 Å². The first kappa shape index (κ1) is 15.0. The molecule has 0 spiro atoms. The summed E-state index contributed by atoms with van der Waals surface area (Å²) in [5.74, 6) is -1.04. The molecule has 0 aliphatic rings. The summed E-state index contributed by atoms with van der Waals surface area (Å²) in [5, 5.41) is 15.6. The van der Waals surface area contributed by atoms with Gasteiger partial charge in [0.05, 0.1) is 17.0 Å². The summed E-state index contributed by atoms with van der Waals surface area (Å²) in [6.45, 7) is 4.14.